The number of carbonyl (C=O) groups excluding carboxylic acids is 2. The van der Waals surface area contributed by atoms with Gasteiger partial charge >= 0.3 is 0 Å². The summed E-state index contributed by atoms with van der Waals surface area (Å²) in [6.07, 6.45) is 0. The molecule has 0 saturated carbocycles. The molecule has 5 nitrogen and oxygen atoms in total. The van der Waals surface area contributed by atoms with Crippen molar-refractivity contribution in [2.75, 3.05) is 5.73 Å². The van der Waals surface area contributed by atoms with E-state index in [1.54, 1.807) is 6.07 Å². The summed E-state index contributed by atoms with van der Waals surface area (Å²) in [7, 11) is 0. The summed E-state index contributed by atoms with van der Waals surface area (Å²) in [5.74, 6) is -1.32. The Balaban J connectivity index is 2.30. The first kappa shape index (κ1) is 14.5. The summed E-state index contributed by atoms with van der Waals surface area (Å²) >= 11 is 0. The van der Waals surface area contributed by atoms with Crippen LogP contribution in [0.2, 0.25) is 0 Å². The number of carbonyl (C=O) groups is 2. The largest absolute Gasteiger partial charge is 0.457 e. The van der Waals surface area contributed by atoms with E-state index in [0.717, 1.165) is 6.07 Å². The molecular weight excluding hydrogens is 275 g/mol. The van der Waals surface area contributed by atoms with Gasteiger partial charge in [0.05, 0.1) is 5.56 Å². The summed E-state index contributed by atoms with van der Waals surface area (Å²) in [6.45, 7) is 1.39. The second-order valence-corrected chi connectivity index (χ2v) is 4.41. The van der Waals surface area contributed by atoms with Crippen LogP contribution in [0.5, 0.6) is 11.5 Å². The zero-order chi connectivity index (χ0) is 15.6. The van der Waals surface area contributed by atoms with E-state index in [1.807, 2.05) is 0 Å². The van der Waals surface area contributed by atoms with Gasteiger partial charge in [-0.2, -0.15) is 0 Å². The van der Waals surface area contributed by atoms with Crippen molar-refractivity contribution < 1.29 is 18.7 Å². The molecule has 2 aromatic carbocycles. The SMILES string of the molecule is CC(=O)c1cc(Oc2ccc(C(N)=O)c(F)c2)ccc1N. The Morgan fingerprint density at radius 1 is 1.05 bits per heavy atom. The number of ether oxygens (including phenoxy) is 1. The lowest BCUT2D eigenvalue weighted by molar-refractivity contribution is 0.0993. The Labute approximate surface area is 120 Å². The van der Waals surface area contributed by atoms with Crippen LogP contribution in [-0.4, -0.2) is 11.7 Å². The van der Waals surface area contributed by atoms with Gasteiger partial charge in [0, 0.05) is 17.3 Å². The van der Waals surface area contributed by atoms with Gasteiger partial charge in [-0.25, -0.2) is 4.39 Å². The third-order valence-corrected chi connectivity index (χ3v) is 2.85. The summed E-state index contributed by atoms with van der Waals surface area (Å²) in [6, 6.07) is 8.24. The number of anilines is 1. The molecule has 0 aliphatic heterocycles. The Kier molecular flexibility index (Phi) is 3.89. The Hall–Kier alpha value is -2.89. The molecule has 1 amide bonds. The Morgan fingerprint density at radius 2 is 1.67 bits per heavy atom. The predicted octanol–water partition coefficient (Wildman–Crippen LogP) is 2.50. The van der Waals surface area contributed by atoms with Crippen molar-refractivity contribution in [3.05, 3.63) is 53.3 Å². The van der Waals surface area contributed by atoms with Crippen molar-refractivity contribution in [3.8, 4) is 11.5 Å². The minimum absolute atomic E-state index is 0.178. The Morgan fingerprint density at radius 3 is 2.24 bits per heavy atom. The molecule has 0 aromatic heterocycles. The van der Waals surface area contributed by atoms with Crippen molar-refractivity contribution in [2.45, 2.75) is 6.92 Å². The van der Waals surface area contributed by atoms with Crippen LogP contribution in [0.3, 0.4) is 0 Å². The number of halogens is 1. The number of hydrogen-bond acceptors (Lipinski definition) is 4. The van der Waals surface area contributed by atoms with Crippen LogP contribution in [0, 0.1) is 5.82 Å². The maximum atomic E-state index is 13.6. The lowest BCUT2D eigenvalue weighted by Gasteiger charge is -2.09. The normalized spacial score (nSPS) is 10.2. The van der Waals surface area contributed by atoms with Gasteiger partial charge in [0.2, 0.25) is 0 Å². The molecule has 0 unspecified atom stereocenters. The highest BCUT2D eigenvalue weighted by molar-refractivity contribution is 5.99. The lowest BCUT2D eigenvalue weighted by Crippen LogP contribution is -2.12. The number of Topliss-reactive ketones (excluding diaryl/α,β-unsaturated/α-hetero) is 1. The van der Waals surface area contributed by atoms with Gasteiger partial charge < -0.3 is 16.2 Å². The van der Waals surface area contributed by atoms with Crippen LogP contribution in [0.25, 0.3) is 0 Å². The molecule has 6 heteroatoms. The molecule has 4 N–H and O–H groups in total. The molecule has 0 saturated heterocycles. The predicted molar refractivity (Wildman–Crippen MR) is 75.9 cm³/mol. The first-order valence-corrected chi connectivity index (χ1v) is 6.06. The molecule has 0 aliphatic carbocycles. The third kappa shape index (κ3) is 3.17. The maximum absolute atomic E-state index is 13.6. The molecule has 0 bridgehead atoms. The molecule has 0 spiro atoms. The zero-order valence-electron chi connectivity index (χ0n) is 11.2. The number of ketones is 1. The highest BCUT2D eigenvalue weighted by atomic mass is 19.1. The number of rotatable bonds is 4. The molecule has 21 heavy (non-hydrogen) atoms. The van der Waals surface area contributed by atoms with Crippen molar-refractivity contribution in [1.29, 1.82) is 0 Å². The number of amides is 1. The molecule has 2 rings (SSSR count). The number of hydrogen-bond donors (Lipinski definition) is 2. The van der Waals surface area contributed by atoms with E-state index in [1.165, 1.54) is 31.2 Å². The maximum Gasteiger partial charge on any atom is 0.251 e. The summed E-state index contributed by atoms with van der Waals surface area (Å²) in [5, 5.41) is 0. The van der Waals surface area contributed by atoms with E-state index in [-0.39, 0.29) is 17.1 Å². The fraction of sp³-hybridized carbons (Fsp3) is 0.0667. The highest BCUT2D eigenvalue weighted by Gasteiger charge is 2.11. The fourth-order valence-corrected chi connectivity index (χ4v) is 1.80. The van der Waals surface area contributed by atoms with E-state index in [4.69, 9.17) is 16.2 Å². The molecule has 0 atom stereocenters. The van der Waals surface area contributed by atoms with Crippen LogP contribution in [-0.2, 0) is 0 Å². The van der Waals surface area contributed by atoms with E-state index >= 15 is 0 Å². The zero-order valence-corrected chi connectivity index (χ0v) is 11.2. The molecule has 0 radical (unpaired) electrons. The number of primary amides is 1. The van der Waals surface area contributed by atoms with E-state index in [2.05, 4.69) is 0 Å². The molecule has 2 aromatic rings. The minimum atomic E-state index is -0.856. The average Bonchev–Trinajstić information content (AvgIpc) is 2.40. The topological polar surface area (TPSA) is 95.4 Å². The van der Waals surface area contributed by atoms with E-state index in [9.17, 15) is 14.0 Å². The van der Waals surface area contributed by atoms with Crippen molar-refractivity contribution in [2.24, 2.45) is 5.73 Å². The fourth-order valence-electron chi connectivity index (χ4n) is 1.80. The second-order valence-electron chi connectivity index (χ2n) is 4.41. The van der Waals surface area contributed by atoms with Gasteiger partial charge in [0.15, 0.2) is 5.78 Å². The highest BCUT2D eigenvalue weighted by Crippen LogP contribution is 2.26. The number of benzene rings is 2. The molecule has 108 valence electrons. The van der Waals surface area contributed by atoms with Crippen LogP contribution >= 0.6 is 0 Å². The first-order chi connectivity index (χ1) is 9.88. The van der Waals surface area contributed by atoms with Crippen molar-refractivity contribution in [1.82, 2.24) is 0 Å². The van der Waals surface area contributed by atoms with E-state index in [0.29, 0.717) is 17.0 Å². The third-order valence-electron chi connectivity index (χ3n) is 2.85. The van der Waals surface area contributed by atoms with Gasteiger partial charge in [0.1, 0.15) is 17.3 Å². The van der Waals surface area contributed by atoms with Gasteiger partial charge in [-0.3, -0.25) is 9.59 Å². The summed E-state index contributed by atoms with van der Waals surface area (Å²) in [4.78, 5) is 22.3. The molecule has 0 fully saturated rings. The van der Waals surface area contributed by atoms with Gasteiger partial charge in [-0.1, -0.05) is 0 Å². The number of nitrogens with two attached hydrogens (primary N) is 2. The second kappa shape index (κ2) is 5.62. The van der Waals surface area contributed by atoms with Crippen molar-refractivity contribution >= 4 is 17.4 Å². The molecule has 0 aliphatic rings. The van der Waals surface area contributed by atoms with Crippen LogP contribution in [0.15, 0.2) is 36.4 Å². The minimum Gasteiger partial charge on any atom is -0.457 e. The first-order valence-electron chi connectivity index (χ1n) is 6.06. The van der Waals surface area contributed by atoms with E-state index < -0.39 is 11.7 Å². The molecular formula is C15H13FN2O3. The lowest BCUT2D eigenvalue weighted by atomic mass is 10.1. The summed E-state index contributed by atoms with van der Waals surface area (Å²) < 4.78 is 19.1. The quantitative estimate of drug-likeness (QED) is 0.667. The number of nitrogen functional groups attached to an aromatic ring is 1. The smallest absolute Gasteiger partial charge is 0.251 e. The van der Waals surface area contributed by atoms with Crippen LogP contribution in [0.4, 0.5) is 10.1 Å². The van der Waals surface area contributed by atoms with Gasteiger partial charge in [0.25, 0.3) is 5.91 Å². The van der Waals surface area contributed by atoms with Crippen LogP contribution in [0.1, 0.15) is 27.6 Å². The monoisotopic (exact) mass is 288 g/mol. The standard InChI is InChI=1S/C15H13FN2O3/c1-8(19)12-6-9(3-5-14(12)17)21-10-2-4-11(15(18)20)13(16)7-10/h2-7H,17H2,1H3,(H2,18,20). The van der Waals surface area contributed by atoms with Gasteiger partial charge in [-0.05, 0) is 37.3 Å². The molecule has 0 heterocycles. The van der Waals surface area contributed by atoms with Crippen molar-refractivity contribution in [3.63, 3.8) is 0 Å². The van der Waals surface area contributed by atoms with Crippen LogP contribution < -0.4 is 16.2 Å². The Bertz CT molecular complexity index is 729. The average molecular weight is 288 g/mol. The van der Waals surface area contributed by atoms with Gasteiger partial charge in [-0.15, -0.1) is 0 Å². The summed E-state index contributed by atoms with van der Waals surface area (Å²) in [5.41, 5.74) is 11.1.